The molecule has 0 aliphatic carbocycles. The van der Waals surface area contributed by atoms with Crippen LogP contribution in [0.2, 0.25) is 0 Å². The topological polar surface area (TPSA) is 64.4 Å². The predicted octanol–water partition coefficient (Wildman–Crippen LogP) is 4.92. The number of aromatic amines is 1. The van der Waals surface area contributed by atoms with Gasteiger partial charge in [0.1, 0.15) is 17.6 Å². The second-order valence-corrected chi connectivity index (χ2v) is 7.05. The fourth-order valence-electron chi connectivity index (χ4n) is 3.03. The Hall–Kier alpha value is -2.61. The molecule has 27 heavy (non-hydrogen) atoms. The number of aryl methyl sites for hydroxylation is 2. The van der Waals surface area contributed by atoms with E-state index in [9.17, 15) is 4.39 Å². The van der Waals surface area contributed by atoms with Gasteiger partial charge in [-0.1, -0.05) is 15.9 Å². The third kappa shape index (κ3) is 3.25. The van der Waals surface area contributed by atoms with Crippen molar-refractivity contribution < 1.29 is 13.9 Å². The van der Waals surface area contributed by atoms with Gasteiger partial charge in [-0.05, 0) is 38.5 Å². The highest BCUT2D eigenvalue weighted by atomic mass is 79.9. The van der Waals surface area contributed by atoms with E-state index in [4.69, 9.17) is 9.47 Å². The van der Waals surface area contributed by atoms with E-state index < -0.39 is 5.82 Å². The lowest BCUT2D eigenvalue weighted by atomic mass is 10.2. The Labute approximate surface area is 163 Å². The number of hydrogen-bond acceptors (Lipinski definition) is 4. The predicted molar refractivity (Wildman–Crippen MR) is 105 cm³/mol. The van der Waals surface area contributed by atoms with Crippen LogP contribution in [0.25, 0.3) is 16.4 Å². The Balaban J connectivity index is 1.72. The number of aromatic nitrogens is 4. The van der Waals surface area contributed by atoms with E-state index >= 15 is 0 Å². The average molecular weight is 433 g/mol. The summed E-state index contributed by atoms with van der Waals surface area (Å²) in [6, 6.07) is 5.14. The van der Waals surface area contributed by atoms with E-state index in [1.807, 2.05) is 13.8 Å². The minimum atomic E-state index is -0.424. The smallest absolute Gasteiger partial charge is 0.247 e. The van der Waals surface area contributed by atoms with Crippen molar-refractivity contribution in [2.75, 3.05) is 11.9 Å². The number of halogens is 2. The SMILES string of the molecule is Cc1cc2c(F)c(Oc3ncnn4cc(OCCCBr)c(C)c34)ccc2[nH]1. The number of nitrogens with zero attached hydrogens (tertiary/aromatic N) is 3. The largest absolute Gasteiger partial charge is 0.492 e. The third-order valence-electron chi connectivity index (χ3n) is 4.33. The van der Waals surface area contributed by atoms with Crippen LogP contribution in [0.1, 0.15) is 17.7 Å². The molecule has 0 saturated heterocycles. The van der Waals surface area contributed by atoms with Crippen molar-refractivity contribution in [2.45, 2.75) is 20.3 Å². The molecule has 3 heterocycles. The van der Waals surface area contributed by atoms with E-state index in [0.717, 1.165) is 28.5 Å². The molecule has 4 aromatic rings. The van der Waals surface area contributed by atoms with Crippen molar-refractivity contribution in [3.05, 3.63) is 47.8 Å². The van der Waals surface area contributed by atoms with Gasteiger partial charge in [-0.15, -0.1) is 0 Å². The Bertz CT molecular complexity index is 1120. The molecule has 0 radical (unpaired) electrons. The highest BCUT2D eigenvalue weighted by Gasteiger charge is 2.18. The van der Waals surface area contributed by atoms with Crippen LogP contribution in [0.3, 0.4) is 0 Å². The number of ether oxygens (including phenoxy) is 2. The summed E-state index contributed by atoms with van der Waals surface area (Å²) in [5.41, 5.74) is 3.11. The molecule has 6 nitrogen and oxygen atoms in total. The Kier molecular flexibility index (Phi) is 4.73. The lowest BCUT2D eigenvalue weighted by Gasteiger charge is -2.08. The van der Waals surface area contributed by atoms with Crippen LogP contribution in [0, 0.1) is 19.7 Å². The van der Waals surface area contributed by atoms with Gasteiger partial charge in [-0.2, -0.15) is 10.1 Å². The van der Waals surface area contributed by atoms with E-state index in [1.54, 1.807) is 28.9 Å². The first-order chi connectivity index (χ1) is 13.1. The second-order valence-electron chi connectivity index (χ2n) is 6.26. The molecule has 0 aliphatic heterocycles. The van der Waals surface area contributed by atoms with Crippen LogP contribution in [-0.2, 0) is 0 Å². The van der Waals surface area contributed by atoms with Gasteiger partial charge < -0.3 is 14.5 Å². The zero-order chi connectivity index (χ0) is 19.0. The number of rotatable bonds is 6. The van der Waals surface area contributed by atoms with Gasteiger partial charge in [0.05, 0.1) is 12.8 Å². The highest BCUT2D eigenvalue weighted by molar-refractivity contribution is 9.09. The fourth-order valence-corrected chi connectivity index (χ4v) is 3.26. The van der Waals surface area contributed by atoms with Crippen LogP contribution in [0.15, 0.2) is 30.7 Å². The van der Waals surface area contributed by atoms with Crippen molar-refractivity contribution in [2.24, 2.45) is 0 Å². The standard InChI is InChI=1S/C19H18BrFN4O2/c1-11-8-13-14(24-11)4-5-15(17(13)21)27-19-18-12(2)16(26-7-3-6-20)9-25(18)23-10-22-19/h4-5,8-10,24H,3,6-7H2,1-2H3. The summed E-state index contributed by atoms with van der Waals surface area (Å²) in [6.45, 7) is 4.38. The molecule has 140 valence electrons. The molecule has 0 aliphatic rings. The summed E-state index contributed by atoms with van der Waals surface area (Å²) < 4.78 is 28.1. The van der Waals surface area contributed by atoms with Gasteiger partial charge >= 0.3 is 0 Å². The summed E-state index contributed by atoms with van der Waals surface area (Å²) in [7, 11) is 0. The molecule has 0 amide bonds. The van der Waals surface area contributed by atoms with Crippen molar-refractivity contribution in [1.29, 1.82) is 0 Å². The highest BCUT2D eigenvalue weighted by Crippen LogP contribution is 2.34. The summed E-state index contributed by atoms with van der Waals surface area (Å²) >= 11 is 3.38. The Morgan fingerprint density at radius 1 is 1.26 bits per heavy atom. The average Bonchev–Trinajstić information content (AvgIpc) is 3.19. The van der Waals surface area contributed by atoms with E-state index in [-0.39, 0.29) is 11.6 Å². The van der Waals surface area contributed by atoms with Crippen molar-refractivity contribution in [3.63, 3.8) is 0 Å². The molecular weight excluding hydrogens is 415 g/mol. The zero-order valence-electron chi connectivity index (χ0n) is 14.9. The molecule has 0 atom stereocenters. The van der Waals surface area contributed by atoms with Gasteiger partial charge in [-0.25, -0.2) is 8.91 Å². The van der Waals surface area contributed by atoms with Gasteiger partial charge in [0.2, 0.25) is 5.88 Å². The van der Waals surface area contributed by atoms with E-state index in [1.165, 1.54) is 6.33 Å². The summed E-state index contributed by atoms with van der Waals surface area (Å²) in [5.74, 6) is 0.679. The Morgan fingerprint density at radius 3 is 2.93 bits per heavy atom. The number of H-pyrrole nitrogens is 1. The maximum absolute atomic E-state index is 14.9. The molecule has 0 saturated carbocycles. The molecule has 8 heteroatoms. The van der Waals surface area contributed by atoms with E-state index in [0.29, 0.717) is 23.3 Å². The summed E-state index contributed by atoms with van der Waals surface area (Å²) in [4.78, 5) is 7.32. The minimum absolute atomic E-state index is 0.115. The van der Waals surface area contributed by atoms with Gasteiger partial charge in [0.15, 0.2) is 11.6 Å². The first-order valence-electron chi connectivity index (χ1n) is 8.56. The number of hydrogen-bond donors (Lipinski definition) is 1. The number of benzene rings is 1. The van der Waals surface area contributed by atoms with Gasteiger partial charge in [0.25, 0.3) is 0 Å². The van der Waals surface area contributed by atoms with E-state index in [2.05, 4.69) is 31.0 Å². The zero-order valence-corrected chi connectivity index (χ0v) is 16.5. The number of fused-ring (bicyclic) bond motifs is 2. The van der Waals surface area contributed by atoms with Crippen molar-refractivity contribution in [1.82, 2.24) is 19.6 Å². The number of alkyl halides is 1. The Morgan fingerprint density at radius 2 is 2.11 bits per heavy atom. The van der Waals surface area contributed by atoms with Crippen molar-refractivity contribution in [3.8, 4) is 17.4 Å². The molecule has 0 unspecified atom stereocenters. The lowest BCUT2D eigenvalue weighted by molar-refractivity contribution is 0.317. The molecule has 0 fully saturated rings. The molecule has 0 bridgehead atoms. The normalized spacial score (nSPS) is 11.4. The van der Waals surface area contributed by atoms with Crippen LogP contribution in [0.4, 0.5) is 4.39 Å². The van der Waals surface area contributed by atoms with Crippen LogP contribution in [0.5, 0.6) is 17.4 Å². The van der Waals surface area contributed by atoms with Crippen LogP contribution < -0.4 is 9.47 Å². The molecule has 1 N–H and O–H groups in total. The van der Waals surface area contributed by atoms with Gasteiger partial charge in [0, 0.05) is 27.5 Å². The summed E-state index contributed by atoms with van der Waals surface area (Å²) in [6.07, 6.45) is 4.05. The molecule has 4 rings (SSSR count). The van der Waals surface area contributed by atoms with Crippen LogP contribution >= 0.6 is 15.9 Å². The minimum Gasteiger partial charge on any atom is -0.492 e. The lowest BCUT2D eigenvalue weighted by Crippen LogP contribution is -1.98. The molecule has 0 spiro atoms. The monoisotopic (exact) mass is 432 g/mol. The molecule has 1 aromatic carbocycles. The van der Waals surface area contributed by atoms with Gasteiger partial charge in [-0.3, -0.25) is 0 Å². The maximum atomic E-state index is 14.9. The molecular formula is C19H18BrFN4O2. The second kappa shape index (κ2) is 7.19. The third-order valence-corrected chi connectivity index (χ3v) is 4.89. The number of nitrogens with one attached hydrogen (secondary N) is 1. The first kappa shape index (κ1) is 17.8. The first-order valence-corrected chi connectivity index (χ1v) is 9.68. The van der Waals surface area contributed by atoms with Crippen LogP contribution in [-0.4, -0.2) is 31.5 Å². The quantitative estimate of drug-likeness (QED) is 0.346. The summed E-state index contributed by atoms with van der Waals surface area (Å²) in [5, 5.41) is 5.56. The fraction of sp³-hybridized carbons (Fsp3) is 0.263. The maximum Gasteiger partial charge on any atom is 0.247 e. The van der Waals surface area contributed by atoms with Crippen molar-refractivity contribution >= 4 is 32.3 Å². The molecule has 3 aromatic heterocycles.